The van der Waals surface area contributed by atoms with Gasteiger partial charge in [-0.2, -0.15) is 0 Å². The van der Waals surface area contributed by atoms with Crippen molar-refractivity contribution in [3.05, 3.63) is 48.8 Å². The van der Waals surface area contributed by atoms with E-state index in [2.05, 4.69) is 60.4 Å². The maximum absolute atomic E-state index is 4.55. The number of aromatic nitrogens is 2. The van der Waals surface area contributed by atoms with Crippen molar-refractivity contribution in [2.24, 2.45) is 0 Å². The molecule has 3 aromatic rings. The molecular weight excluding hydrogens is 245 g/mol. The van der Waals surface area contributed by atoms with E-state index in [0.717, 1.165) is 23.6 Å². The van der Waals surface area contributed by atoms with E-state index in [4.69, 9.17) is 0 Å². The van der Waals surface area contributed by atoms with Gasteiger partial charge >= 0.3 is 0 Å². The van der Waals surface area contributed by atoms with Crippen LogP contribution in [0.1, 0.15) is 6.92 Å². The third-order valence-electron chi connectivity index (χ3n) is 3.40. The number of benzene rings is 1. The molecule has 3 rings (SSSR count). The van der Waals surface area contributed by atoms with Gasteiger partial charge in [0.1, 0.15) is 13.7 Å². The van der Waals surface area contributed by atoms with E-state index in [9.17, 15) is 0 Å². The van der Waals surface area contributed by atoms with Crippen LogP contribution in [0, 0.1) is 0 Å². The number of hydrogen-bond acceptors (Lipinski definition) is 3. The number of fused-ring (bicyclic) bond motifs is 1. The molecule has 4 heteroatoms. The smallest absolute Gasteiger partial charge is 0.140 e. The Hall–Kier alpha value is -2.36. The van der Waals surface area contributed by atoms with Crippen LogP contribution in [-0.4, -0.2) is 24.4 Å². The summed E-state index contributed by atoms with van der Waals surface area (Å²) >= 11 is 0. The molecule has 0 saturated heterocycles. The minimum atomic E-state index is 0.875. The van der Waals surface area contributed by atoms with Gasteiger partial charge in [0.15, 0.2) is 0 Å². The summed E-state index contributed by atoms with van der Waals surface area (Å²) < 4.78 is 0. The lowest BCUT2D eigenvalue weighted by Crippen LogP contribution is -2.03. The summed E-state index contributed by atoms with van der Waals surface area (Å²) in [5.74, 6) is 0.896. The van der Waals surface area contributed by atoms with Crippen LogP contribution in [0.2, 0.25) is 0 Å². The fraction of sp³-hybridized carbons (Fsp3) is 0.125. The number of nitrogens with one attached hydrogen (secondary N) is 1. The van der Waals surface area contributed by atoms with Gasteiger partial charge in [0.25, 0.3) is 0 Å². The van der Waals surface area contributed by atoms with Crippen LogP contribution in [0.15, 0.2) is 48.8 Å². The lowest BCUT2D eigenvalue weighted by atomic mass is 9.91. The first-order valence-corrected chi connectivity index (χ1v) is 6.83. The number of rotatable bonds is 3. The molecule has 1 aromatic carbocycles. The van der Waals surface area contributed by atoms with E-state index in [1.54, 1.807) is 0 Å². The summed E-state index contributed by atoms with van der Waals surface area (Å²) in [7, 11) is 2.11. The van der Waals surface area contributed by atoms with E-state index in [0.29, 0.717) is 0 Å². The van der Waals surface area contributed by atoms with E-state index < -0.39 is 0 Å². The lowest BCUT2D eigenvalue weighted by molar-refractivity contribution is 1.16. The minimum Gasteiger partial charge on any atom is -0.370 e. The van der Waals surface area contributed by atoms with Gasteiger partial charge in [-0.05, 0) is 35.9 Å². The molecule has 0 spiro atoms. The minimum absolute atomic E-state index is 0.875. The molecule has 0 atom stereocenters. The van der Waals surface area contributed by atoms with Gasteiger partial charge < -0.3 is 5.32 Å². The molecule has 0 bridgehead atoms. The average molecular weight is 261 g/mol. The van der Waals surface area contributed by atoms with Crippen molar-refractivity contribution < 1.29 is 0 Å². The summed E-state index contributed by atoms with van der Waals surface area (Å²) in [6.07, 6.45) is 3.81. The molecule has 0 amide bonds. The first-order valence-electron chi connectivity index (χ1n) is 6.83. The van der Waals surface area contributed by atoms with Crippen LogP contribution in [-0.2, 0) is 0 Å². The average Bonchev–Trinajstić information content (AvgIpc) is 2.48. The third-order valence-corrected chi connectivity index (χ3v) is 3.40. The Bertz CT molecular complexity index is 738. The topological polar surface area (TPSA) is 37.8 Å². The van der Waals surface area contributed by atoms with E-state index in [1.165, 1.54) is 16.2 Å². The molecule has 0 aliphatic carbocycles. The highest BCUT2D eigenvalue weighted by Crippen LogP contribution is 2.21. The molecular formula is C16H16BN3. The van der Waals surface area contributed by atoms with Crippen LogP contribution >= 0.6 is 0 Å². The second-order valence-corrected chi connectivity index (χ2v) is 4.83. The van der Waals surface area contributed by atoms with E-state index in [1.807, 2.05) is 18.5 Å². The molecule has 2 aromatic heterocycles. The number of hydrogen-bond donors (Lipinski definition) is 1. The predicted molar refractivity (Wildman–Crippen MR) is 87.3 cm³/mol. The Morgan fingerprint density at radius 3 is 2.75 bits per heavy atom. The Morgan fingerprint density at radius 2 is 2.00 bits per heavy atom. The first kappa shape index (κ1) is 12.7. The van der Waals surface area contributed by atoms with Crippen LogP contribution in [0.4, 0.5) is 5.82 Å². The molecule has 1 N–H and O–H groups in total. The summed E-state index contributed by atoms with van der Waals surface area (Å²) in [6.45, 7) is 2.93. The van der Waals surface area contributed by atoms with Gasteiger partial charge in [-0.25, -0.2) is 4.98 Å². The fourth-order valence-corrected chi connectivity index (χ4v) is 2.31. The molecule has 0 aliphatic heterocycles. The first-order chi connectivity index (χ1) is 9.78. The monoisotopic (exact) mass is 261 g/mol. The summed E-state index contributed by atoms with van der Waals surface area (Å²) in [5.41, 5.74) is 3.25. The van der Waals surface area contributed by atoms with Crippen LogP contribution in [0.3, 0.4) is 0 Å². The normalized spacial score (nSPS) is 10.7. The van der Waals surface area contributed by atoms with E-state index in [-0.39, 0.29) is 0 Å². The highest BCUT2D eigenvalue weighted by atomic mass is 15.0. The number of pyridine rings is 2. The van der Waals surface area contributed by atoms with Crippen molar-refractivity contribution in [3.8, 4) is 11.3 Å². The molecule has 0 unspecified atom stereocenters. The largest absolute Gasteiger partial charge is 0.370 e. The Balaban J connectivity index is 2.01. The predicted octanol–water partition coefficient (Wildman–Crippen LogP) is 1.99. The maximum atomic E-state index is 4.55. The van der Waals surface area contributed by atoms with Gasteiger partial charge in [-0.15, -0.1) is 0 Å². The van der Waals surface area contributed by atoms with Crippen molar-refractivity contribution in [1.82, 2.24) is 9.97 Å². The van der Waals surface area contributed by atoms with Crippen molar-refractivity contribution in [1.29, 1.82) is 0 Å². The van der Waals surface area contributed by atoms with Crippen molar-refractivity contribution in [3.63, 3.8) is 0 Å². The van der Waals surface area contributed by atoms with Crippen molar-refractivity contribution in [2.45, 2.75) is 6.92 Å². The molecule has 3 nitrogen and oxygen atoms in total. The number of anilines is 1. The van der Waals surface area contributed by atoms with Crippen LogP contribution in [0.25, 0.3) is 22.0 Å². The van der Waals surface area contributed by atoms with Gasteiger partial charge in [0, 0.05) is 24.5 Å². The summed E-state index contributed by atoms with van der Waals surface area (Å²) in [4.78, 5) is 8.94. The Labute approximate surface area is 119 Å². The molecule has 0 radical (unpaired) electrons. The fourth-order valence-electron chi connectivity index (χ4n) is 2.31. The summed E-state index contributed by atoms with van der Waals surface area (Å²) in [5, 5.41) is 5.61. The SMILES string of the molecule is Bc1cccc2cc(-c3ccc(NCC)nc3)ncc12. The van der Waals surface area contributed by atoms with E-state index >= 15 is 0 Å². The van der Waals surface area contributed by atoms with Crippen LogP contribution in [0.5, 0.6) is 0 Å². The molecule has 0 saturated carbocycles. The van der Waals surface area contributed by atoms with Gasteiger partial charge in [-0.3, -0.25) is 4.98 Å². The molecule has 0 fully saturated rings. The second-order valence-electron chi connectivity index (χ2n) is 4.83. The lowest BCUT2D eigenvalue weighted by Gasteiger charge is -2.06. The Kier molecular flexibility index (Phi) is 3.38. The zero-order chi connectivity index (χ0) is 13.9. The van der Waals surface area contributed by atoms with Gasteiger partial charge in [0.05, 0.1) is 5.69 Å². The quantitative estimate of drug-likeness (QED) is 0.733. The zero-order valence-corrected chi connectivity index (χ0v) is 11.7. The van der Waals surface area contributed by atoms with Crippen LogP contribution < -0.4 is 10.8 Å². The highest BCUT2D eigenvalue weighted by Gasteiger charge is 2.03. The van der Waals surface area contributed by atoms with Gasteiger partial charge in [-0.1, -0.05) is 23.7 Å². The third kappa shape index (κ3) is 2.37. The molecule has 98 valence electrons. The summed E-state index contributed by atoms with van der Waals surface area (Å²) in [6, 6.07) is 12.5. The zero-order valence-electron chi connectivity index (χ0n) is 11.7. The molecule has 20 heavy (non-hydrogen) atoms. The molecule has 0 aliphatic rings. The molecule has 2 heterocycles. The van der Waals surface area contributed by atoms with Crippen molar-refractivity contribution >= 4 is 29.9 Å². The standard InChI is InChI=1S/C16H16BN3/c1-2-18-16-7-6-12(9-20-16)15-8-11-4-3-5-14(17)13(11)10-19-15/h3-10H,2,17H2,1H3,(H,18,20). The van der Waals surface area contributed by atoms with Gasteiger partial charge in [0.2, 0.25) is 0 Å². The highest BCUT2D eigenvalue weighted by molar-refractivity contribution is 6.38. The maximum Gasteiger partial charge on any atom is 0.140 e. The second kappa shape index (κ2) is 5.33. The van der Waals surface area contributed by atoms with Crippen molar-refractivity contribution in [2.75, 3.05) is 11.9 Å². The number of nitrogens with zero attached hydrogens (tertiary/aromatic N) is 2. The Morgan fingerprint density at radius 1 is 1.10 bits per heavy atom.